The first-order valence-corrected chi connectivity index (χ1v) is 13.3. The number of ether oxygens (including phenoxy) is 3. The third-order valence-corrected chi connectivity index (χ3v) is 7.33. The predicted molar refractivity (Wildman–Crippen MR) is 152 cm³/mol. The molecular weight excluding hydrogens is 494 g/mol. The third kappa shape index (κ3) is 6.15. The molecule has 0 aliphatic carbocycles. The minimum absolute atomic E-state index is 0.0474. The number of hydrogen-bond donors (Lipinski definition) is 1. The molecule has 1 saturated heterocycles. The summed E-state index contributed by atoms with van der Waals surface area (Å²) in [5.41, 5.74) is 2.95. The van der Waals surface area contributed by atoms with Gasteiger partial charge in [-0.05, 0) is 57.5 Å². The number of likely N-dealkylation sites (tertiary alicyclic amines) is 1. The average molecular weight is 530 g/mol. The molecule has 1 atom stereocenters. The first-order chi connectivity index (χ1) is 18.9. The molecule has 0 spiro atoms. The summed E-state index contributed by atoms with van der Waals surface area (Å²) >= 11 is 0. The number of fused-ring (bicyclic) bond motifs is 1. The minimum atomic E-state index is 0.0474. The van der Waals surface area contributed by atoms with Crippen LogP contribution in [0.15, 0.2) is 54.7 Å². The number of rotatable bonds is 11. The largest absolute Gasteiger partial charge is 0.497 e. The van der Waals surface area contributed by atoms with Gasteiger partial charge in [-0.3, -0.25) is 9.78 Å². The number of benzene rings is 2. The van der Waals surface area contributed by atoms with Crippen molar-refractivity contribution in [3.05, 3.63) is 60.4 Å². The Hall–Kier alpha value is -4.11. The molecule has 9 nitrogen and oxygen atoms in total. The number of anilines is 2. The molecule has 204 valence electrons. The highest BCUT2D eigenvalue weighted by molar-refractivity contribution is 5.94. The van der Waals surface area contributed by atoms with Gasteiger partial charge in [0.15, 0.2) is 5.78 Å². The van der Waals surface area contributed by atoms with E-state index in [1.165, 1.54) is 12.8 Å². The summed E-state index contributed by atoms with van der Waals surface area (Å²) < 4.78 is 18.8. The van der Waals surface area contributed by atoms with E-state index in [4.69, 9.17) is 19.2 Å². The number of methoxy groups -OCH3 is 2. The lowest BCUT2D eigenvalue weighted by molar-refractivity contribution is 0.0971. The zero-order valence-electron chi connectivity index (χ0n) is 22.9. The molecule has 2 aromatic heterocycles. The Morgan fingerprint density at radius 1 is 1.00 bits per heavy atom. The van der Waals surface area contributed by atoms with Crippen molar-refractivity contribution in [3.8, 4) is 23.0 Å². The van der Waals surface area contributed by atoms with Crippen LogP contribution < -0.4 is 19.5 Å². The molecule has 39 heavy (non-hydrogen) atoms. The number of aryl methyl sites for hydroxylation is 1. The van der Waals surface area contributed by atoms with E-state index >= 15 is 0 Å². The summed E-state index contributed by atoms with van der Waals surface area (Å²) in [7, 11) is 7.35. The van der Waals surface area contributed by atoms with Crippen LogP contribution in [0, 0.1) is 0 Å². The van der Waals surface area contributed by atoms with Crippen LogP contribution in [0.2, 0.25) is 0 Å². The SMILES string of the molecule is COc1cc(Nc2nc3cc(Oc4ccnc(C(=O)CCCC5CCCN5C)c4)ccc3n2C)cc(OC)c1. The molecule has 3 heterocycles. The molecule has 4 aromatic rings. The van der Waals surface area contributed by atoms with Crippen molar-refractivity contribution in [2.24, 2.45) is 7.05 Å². The number of carbonyl (C=O) groups is 1. The number of nitrogens with one attached hydrogen (secondary N) is 1. The van der Waals surface area contributed by atoms with E-state index in [0.717, 1.165) is 36.1 Å². The maximum atomic E-state index is 12.8. The Labute approximate surface area is 228 Å². The van der Waals surface area contributed by atoms with Gasteiger partial charge in [-0.1, -0.05) is 0 Å². The lowest BCUT2D eigenvalue weighted by Gasteiger charge is -2.18. The maximum Gasteiger partial charge on any atom is 0.208 e. The van der Waals surface area contributed by atoms with Gasteiger partial charge in [0, 0.05) is 61.7 Å². The van der Waals surface area contributed by atoms with Crippen LogP contribution in [0.4, 0.5) is 11.6 Å². The molecule has 1 N–H and O–H groups in total. The summed E-state index contributed by atoms with van der Waals surface area (Å²) in [4.78, 5) is 24.2. The Kier molecular flexibility index (Phi) is 7.97. The molecule has 0 saturated carbocycles. The number of nitrogens with zero attached hydrogens (tertiary/aromatic N) is 4. The van der Waals surface area contributed by atoms with Crippen LogP contribution in [0.5, 0.6) is 23.0 Å². The number of Topliss-reactive ketones (excluding diaryl/α,β-unsaturated/α-hetero) is 1. The van der Waals surface area contributed by atoms with Crippen LogP contribution in [0.3, 0.4) is 0 Å². The standard InChI is InChI=1S/C30H35N5O4/c1-34-14-6-8-21(34)7-5-9-29(36)27-19-23(12-13-31-27)39-22-10-11-28-26(18-22)33-30(35(28)2)32-20-15-24(37-3)17-25(16-20)38-4/h10-13,15-19,21H,5-9,14H2,1-4H3,(H,32,33). The number of aromatic nitrogens is 3. The van der Waals surface area contributed by atoms with Gasteiger partial charge in [0.2, 0.25) is 5.95 Å². The van der Waals surface area contributed by atoms with Gasteiger partial charge < -0.3 is 29.0 Å². The van der Waals surface area contributed by atoms with Crippen LogP contribution in [0.25, 0.3) is 11.0 Å². The van der Waals surface area contributed by atoms with Crippen LogP contribution in [0.1, 0.15) is 42.6 Å². The van der Waals surface area contributed by atoms with Crippen molar-refractivity contribution in [2.45, 2.75) is 38.1 Å². The van der Waals surface area contributed by atoms with E-state index in [9.17, 15) is 4.79 Å². The molecule has 9 heteroatoms. The summed E-state index contributed by atoms with van der Waals surface area (Å²) in [5, 5.41) is 3.34. The van der Waals surface area contributed by atoms with Crippen molar-refractivity contribution in [3.63, 3.8) is 0 Å². The Morgan fingerprint density at radius 3 is 2.49 bits per heavy atom. The predicted octanol–water partition coefficient (Wildman–Crippen LogP) is 5.97. The Morgan fingerprint density at radius 2 is 1.77 bits per heavy atom. The van der Waals surface area contributed by atoms with Crippen LogP contribution in [-0.4, -0.2) is 59.1 Å². The van der Waals surface area contributed by atoms with Crippen molar-refractivity contribution >= 4 is 28.5 Å². The Balaban J connectivity index is 1.26. The van der Waals surface area contributed by atoms with Gasteiger partial charge in [0.1, 0.15) is 28.7 Å². The fraction of sp³-hybridized carbons (Fsp3) is 0.367. The van der Waals surface area contributed by atoms with E-state index in [0.29, 0.717) is 47.1 Å². The number of pyridine rings is 1. The summed E-state index contributed by atoms with van der Waals surface area (Å²) in [6.45, 7) is 1.15. The zero-order chi connectivity index (χ0) is 27.4. The monoisotopic (exact) mass is 529 g/mol. The summed E-state index contributed by atoms with van der Waals surface area (Å²) in [5.74, 6) is 3.28. The van der Waals surface area contributed by atoms with Crippen molar-refractivity contribution < 1.29 is 19.0 Å². The van der Waals surface area contributed by atoms with Crippen molar-refractivity contribution in [1.29, 1.82) is 0 Å². The molecule has 1 fully saturated rings. The minimum Gasteiger partial charge on any atom is -0.497 e. The number of imidazole rings is 1. The first kappa shape index (κ1) is 26.5. The molecule has 1 aliphatic heterocycles. The van der Waals surface area contributed by atoms with Crippen LogP contribution >= 0.6 is 0 Å². The highest BCUT2D eigenvalue weighted by Crippen LogP contribution is 2.31. The Bertz CT molecular complexity index is 1450. The van der Waals surface area contributed by atoms with Gasteiger partial charge in [-0.15, -0.1) is 0 Å². The quantitative estimate of drug-likeness (QED) is 0.238. The lowest BCUT2D eigenvalue weighted by atomic mass is 10.0. The second-order valence-corrected chi connectivity index (χ2v) is 9.94. The van der Waals surface area contributed by atoms with E-state index in [2.05, 4.69) is 22.2 Å². The smallest absolute Gasteiger partial charge is 0.208 e. The normalized spacial score (nSPS) is 15.4. The molecule has 5 rings (SSSR count). The number of carbonyl (C=O) groups excluding carboxylic acids is 1. The molecular formula is C30H35N5O4. The van der Waals surface area contributed by atoms with E-state index < -0.39 is 0 Å². The topological polar surface area (TPSA) is 90.7 Å². The molecule has 0 bridgehead atoms. The van der Waals surface area contributed by atoms with Gasteiger partial charge in [0.25, 0.3) is 0 Å². The van der Waals surface area contributed by atoms with E-state index in [1.54, 1.807) is 32.5 Å². The number of ketones is 1. The van der Waals surface area contributed by atoms with Gasteiger partial charge >= 0.3 is 0 Å². The highest BCUT2D eigenvalue weighted by atomic mass is 16.5. The summed E-state index contributed by atoms with van der Waals surface area (Å²) in [6, 6.07) is 15.4. The second-order valence-electron chi connectivity index (χ2n) is 9.94. The summed E-state index contributed by atoms with van der Waals surface area (Å²) in [6.07, 6.45) is 6.50. The molecule has 2 aromatic carbocycles. The van der Waals surface area contributed by atoms with Gasteiger partial charge in [-0.25, -0.2) is 4.98 Å². The fourth-order valence-corrected chi connectivity index (χ4v) is 5.10. The average Bonchev–Trinajstić information content (AvgIpc) is 3.49. The van der Waals surface area contributed by atoms with E-state index in [1.807, 2.05) is 48.0 Å². The zero-order valence-corrected chi connectivity index (χ0v) is 22.9. The van der Waals surface area contributed by atoms with E-state index in [-0.39, 0.29) is 5.78 Å². The van der Waals surface area contributed by atoms with Gasteiger partial charge in [-0.2, -0.15) is 0 Å². The first-order valence-electron chi connectivity index (χ1n) is 13.3. The lowest BCUT2D eigenvalue weighted by Crippen LogP contribution is -2.24. The number of hydrogen-bond acceptors (Lipinski definition) is 8. The maximum absolute atomic E-state index is 12.8. The fourth-order valence-electron chi connectivity index (χ4n) is 5.10. The third-order valence-electron chi connectivity index (χ3n) is 7.33. The molecule has 0 radical (unpaired) electrons. The van der Waals surface area contributed by atoms with Crippen LogP contribution in [-0.2, 0) is 7.05 Å². The molecule has 1 unspecified atom stereocenters. The molecule has 1 aliphatic rings. The van der Waals surface area contributed by atoms with Crippen molar-refractivity contribution in [2.75, 3.05) is 33.1 Å². The molecule has 0 amide bonds. The highest BCUT2D eigenvalue weighted by Gasteiger charge is 2.21. The van der Waals surface area contributed by atoms with Gasteiger partial charge in [0.05, 0.1) is 25.3 Å². The second kappa shape index (κ2) is 11.7. The van der Waals surface area contributed by atoms with Crippen molar-refractivity contribution in [1.82, 2.24) is 19.4 Å².